The molecule has 5 rings (SSSR count). The monoisotopic (exact) mass is 364 g/mol. The van der Waals surface area contributed by atoms with Crippen LogP contribution in [-0.2, 0) is 0 Å². The van der Waals surface area contributed by atoms with Crippen LogP contribution in [0.4, 0.5) is 0 Å². The van der Waals surface area contributed by atoms with Crippen LogP contribution in [0.1, 0.15) is 31.8 Å². The van der Waals surface area contributed by atoms with Crippen LogP contribution in [0.2, 0.25) is 0 Å². The van der Waals surface area contributed by atoms with E-state index in [1.54, 1.807) is 12.1 Å². The fraction of sp³-hybridized carbons (Fsp3) is 0.0417. The zero-order valence-corrected chi connectivity index (χ0v) is 15.2. The summed E-state index contributed by atoms with van der Waals surface area (Å²) in [6.45, 7) is 1.96. The molecule has 0 atom stereocenters. The van der Waals surface area contributed by atoms with Crippen molar-refractivity contribution in [3.8, 4) is 0 Å². The number of hydrazone groups is 1. The summed E-state index contributed by atoms with van der Waals surface area (Å²) in [5.41, 5.74) is 5.81. The Morgan fingerprint density at radius 1 is 0.893 bits per heavy atom. The summed E-state index contributed by atoms with van der Waals surface area (Å²) in [6, 6.07) is 22.9. The summed E-state index contributed by atoms with van der Waals surface area (Å²) in [6.07, 6.45) is 0. The first-order valence-electron chi connectivity index (χ1n) is 9.08. The second kappa shape index (κ2) is 6.13. The minimum absolute atomic E-state index is 0.160. The van der Waals surface area contributed by atoms with Crippen molar-refractivity contribution in [1.29, 1.82) is 0 Å². The van der Waals surface area contributed by atoms with Gasteiger partial charge in [0.1, 0.15) is 5.71 Å². The van der Waals surface area contributed by atoms with E-state index >= 15 is 0 Å². The van der Waals surface area contributed by atoms with Crippen LogP contribution in [0.15, 0.2) is 77.9 Å². The molecule has 0 bridgehead atoms. The smallest absolute Gasteiger partial charge is 0.271 e. The summed E-state index contributed by atoms with van der Waals surface area (Å²) in [4.78, 5) is 25.6. The number of nitrogens with zero attached hydrogens (tertiary/aromatic N) is 1. The summed E-state index contributed by atoms with van der Waals surface area (Å²) >= 11 is 0. The molecule has 0 fully saturated rings. The van der Waals surface area contributed by atoms with E-state index in [-0.39, 0.29) is 17.4 Å². The van der Waals surface area contributed by atoms with E-state index < -0.39 is 0 Å². The van der Waals surface area contributed by atoms with Gasteiger partial charge >= 0.3 is 0 Å². The first kappa shape index (κ1) is 16.4. The van der Waals surface area contributed by atoms with Gasteiger partial charge in [-0.25, -0.2) is 5.43 Å². The van der Waals surface area contributed by atoms with Crippen molar-refractivity contribution in [1.82, 2.24) is 5.43 Å². The highest BCUT2D eigenvalue weighted by Crippen LogP contribution is 2.36. The standard InChI is InChI=1S/C24H16N2O2/c1-14-9-11-15(12-10-14)24(28)26-25-22-19-8-4-6-17-13-16-5-2-3-7-18(16)21(20(17)19)23(22)27/h2-13H,1H3,(H,26,28)/b25-22+. The third kappa shape index (κ3) is 2.42. The van der Waals surface area contributed by atoms with E-state index in [0.29, 0.717) is 11.1 Å². The molecule has 0 radical (unpaired) electrons. The zero-order valence-electron chi connectivity index (χ0n) is 15.2. The summed E-state index contributed by atoms with van der Waals surface area (Å²) in [5.74, 6) is -0.500. The fourth-order valence-electron chi connectivity index (χ4n) is 3.78. The Labute approximate surface area is 161 Å². The lowest BCUT2D eigenvalue weighted by molar-refractivity contribution is 0.0955. The second-order valence-corrected chi connectivity index (χ2v) is 6.97. The lowest BCUT2D eigenvalue weighted by atomic mass is 9.98. The van der Waals surface area contributed by atoms with Crippen LogP contribution in [0.5, 0.6) is 0 Å². The Hall–Kier alpha value is -3.79. The molecule has 134 valence electrons. The first-order chi connectivity index (χ1) is 13.6. The van der Waals surface area contributed by atoms with Crippen molar-refractivity contribution in [3.63, 3.8) is 0 Å². The summed E-state index contributed by atoms with van der Waals surface area (Å²) < 4.78 is 0. The number of amides is 1. The molecule has 4 heteroatoms. The van der Waals surface area contributed by atoms with Gasteiger partial charge in [0.15, 0.2) is 0 Å². The second-order valence-electron chi connectivity index (χ2n) is 6.97. The van der Waals surface area contributed by atoms with Crippen LogP contribution in [0, 0.1) is 6.92 Å². The number of nitrogens with one attached hydrogen (secondary N) is 1. The number of carbonyl (C=O) groups is 2. The molecule has 28 heavy (non-hydrogen) atoms. The quantitative estimate of drug-likeness (QED) is 0.416. The Morgan fingerprint density at radius 2 is 1.64 bits per heavy atom. The van der Waals surface area contributed by atoms with Gasteiger partial charge in [-0.3, -0.25) is 9.59 Å². The largest absolute Gasteiger partial charge is 0.287 e. The van der Waals surface area contributed by atoms with Gasteiger partial charge in [0.25, 0.3) is 5.91 Å². The molecule has 1 amide bonds. The SMILES string of the molecule is Cc1ccc(C(=O)N/N=C2/C(=O)c3c4ccccc4cc4cccc2c34)cc1. The molecule has 1 N–H and O–H groups in total. The molecule has 0 aromatic heterocycles. The van der Waals surface area contributed by atoms with Gasteiger partial charge in [-0.1, -0.05) is 60.2 Å². The van der Waals surface area contributed by atoms with Gasteiger partial charge in [-0.05, 0) is 41.3 Å². The minimum atomic E-state index is -0.340. The number of ketones is 1. The molecular formula is C24H16N2O2. The molecule has 0 unspecified atom stereocenters. The van der Waals surface area contributed by atoms with E-state index in [1.165, 1.54) is 0 Å². The topological polar surface area (TPSA) is 58.5 Å². The van der Waals surface area contributed by atoms with Gasteiger partial charge in [0, 0.05) is 22.1 Å². The van der Waals surface area contributed by atoms with E-state index in [4.69, 9.17) is 0 Å². The highest BCUT2D eigenvalue weighted by atomic mass is 16.2. The molecule has 4 nitrogen and oxygen atoms in total. The summed E-state index contributed by atoms with van der Waals surface area (Å²) in [7, 11) is 0. The molecule has 4 aromatic carbocycles. The number of rotatable bonds is 2. The number of carbonyl (C=O) groups excluding carboxylic acids is 2. The predicted octanol–water partition coefficient (Wildman–Crippen LogP) is 4.63. The molecule has 0 saturated carbocycles. The van der Waals surface area contributed by atoms with Crippen molar-refractivity contribution in [2.24, 2.45) is 5.10 Å². The Bertz CT molecular complexity index is 1320. The highest BCUT2D eigenvalue weighted by molar-refractivity contribution is 6.61. The van der Waals surface area contributed by atoms with Crippen LogP contribution in [-0.4, -0.2) is 17.4 Å². The maximum Gasteiger partial charge on any atom is 0.271 e. The van der Waals surface area contributed by atoms with Crippen molar-refractivity contribution in [3.05, 3.63) is 95.1 Å². The van der Waals surface area contributed by atoms with Crippen LogP contribution < -0.4 is 5.43 Å². The Morgan fingerprint density at radius 3 is 2.46 bits per heavy atom. The van der Waals surface area contributed by atoms with Crippen LogP contribution >= 0.6 is 0 Å². The van der Waals surface area contributed by atoms with Crippen molar-refractivity contribution in [2.75, 3.05) is 0 Å². The van der Waals surface area contributed by atoms with Gasteiger partial charge in [-0.2, -0.15) is 5.10 Å². The lowest BCUT2D eigenvalue weighted by Gasteiger charge is -2.05. The summed E-state index contributed by atoms with van der Waals surface area (Å²) in [5, 5.41) is 8.03. The normalized spacial score (nSPS) is 14.2. The molecule has 0 aliphatic heterocycles. The number of hydrogen-bond acceptors (Lipinski definition) is 3. The molecular weight excluding hydrogens is 348 g/mol. The highest BCUT2D eigenvalue weighted by Gasteiger charge is 2.31. The number of Topliss-reactive ketones (excluding diaryl/α,β-unsaturated/α-hetero) is 1. The lowest BCUT2D eigenvalue weighted by Crippen LogP contribution is -2.22. The first-order valence-corrected chi connectivity index (χ1v) is 9.08. The number of hydrogen-bond donors (Lipinski definition) is 1. The maximum atomic E-state index is 13.2. The maximum absolute atomic E-state index is 13.2. The Balaban J connectivity index is 1.61. The molecule has 0 spiro atoms. The van der Waals surface area contributed by atoms with Gasteiger partial charge in [0.2, 0.25) is 5.78 Å². The van der Waals surface area contributed by atoms with Gasteiger partial charge in [-0.15, -0.1) is 0 Å². The third-order valence-corrected chi connectivity index (χ3v) is 5.17. The molecule has 0 saturated heterocycles. The zero-order chi connectivity index (χ0) is 19.3. The average molecular weight is 364 g/mol. The predicted molar refractivity (Wildman–Crippen MR) is 111 cm³/mol. The van der Waals surface area contributed by atoms with Crippen molar-refractivity contribution >= 4 is 38.9 Å². The fourth-order valence-corrected chi connectivity index (χ4v) is 3.78. The van der Waals surface area contributed by atoms with E-state index in [2.05, 4.69) is 16.6 Å². The van der Waals surface area contributed by atoms with Crippen molar-refractivity contribution < 1.29 is 9.59 Å². The minimum Gasteiger partial charge on any atom is -0.287 e. The van der Waals surface area contributed by atoms with Gasteiger partial charge in [0.05, 0.1) is 0 Å². The van der Waals surface area contributed by atoms with E-state index in [1.807, 2.05) is 61.5 Å². The number of benzene rings is 4. The molecule has 4 aromatic rings. The third-order valence-electron chi connectivity index (χ3n) is 5.17. The van der Waals surface area contributed by atoms with E-state index in [9.17, 15) is 9.59 Å². The molecule has 1 aliphatic carbocycles. The van der Waals surface area contributed by atoms with Crippen molar-refractivity contribution in [2.45, 2.75) is 6.92 Å². The van der Waals surface area contributed by atoms with E-state index in [0.717, 1.165) is 32.7 Å². The van der Waals surface area contributed by atoms with Crippen LogP contribution in [0.25, 0.3) is 21.5 Å². The Kier molecular flexibility index (Phi) is 3.59. The number of fused-ring (bicyclic) bond motifs is 2. The molecule has 0 heterocycles. The van der Waals surface area contributed by atoms with Crippen LogP contribution in [0.3, 0.4) is 0 Å². The van der Waals surface area contributed by atoms with Gasteiger partial charge < -0.3 is 0 Å². The molecule has 1 aliphatic rings. The average Bonchev–Trinajstić information content (AvgIpc) is 3.00. The number of aryl methyl sites for hydroxylation is 1.